The Hall–Kier alpha value is -1.40. The Labute approximate surface area is 116 Å². The highest BCUT2D eigenvalue weighted by Crippen LogP contribution is 2.26. The van der Waals surface area contributed by atoms with Crippen LogP contribution in [0.1, 0.15) is 30.2 Å². The third kappa shape index (κ3) is 2.79. The van der Waals surface area contributed by atoms with Gasteiger partial charge >= 0.3 is 6.01 Å². The zero-order valence-electron chi connectivity index (χ0n) is 11.2. The molecule has 1 aliphatic rings. The average Bonchev–Trinajstić information content (AvgIpc) is 3.04. The topological polar surface area (TPSA) is 54.2 Å². The van der Waals surface area contributed by atoms with E-state index in [0.717, 1.165) is 19.5 Å². The van der Waals surface area contributed by atoms with Gasteiger partial charge in [0.2, 0.25) is 5.89 Å². The van der Waals surface area contributed by atoms with E-state index in [1.807, 2.05) is 11.3 Å². The molecule has 3 heterocycles. The number of hydrogen-bond acceptors (Lipinski definition) is 6. The highest BCUT2D eigenvalue weighted by atomic mass is 32.1. The summed E-state index contributed by atoms with van der Waals surface area (Å²) in [5, 5.41) is 13.7. The molecule has 1 aliphatic heterocycles. The maximum atomic E-state index is 5.71. The molecule has 0 radical (unpaired) electrons. The molecule has 102 valence electrons. The largest absolute Gasteiger partial charge is 0.407 e. The first-order chi connectivity index (χ1) is 9.22. The molecule has 0 fully saturated rings. The average molecular weight is 278 g/mol. The number of thiophene rings is 1. The smallest absolute Gasteiger partial charge is 0.318 e. The van der Waals surface area contributed by atoms with E-state index in [2.05, 4.69) is 45.7 Å². The molecule has 0 aromatic carbocycles. The van der Waals surface area contributed by atoms with Gasteiger partial charge in [-0.3, -0.25) is 0 Å². The Morgan fingerprint density at radius 3 is 3.21 bits per heavy atom. The molecule has 0 atom stereocenters. The van der Waals surface area contributed by atoms with Gasteiger partial charge in [-0.25, -0.2) is 0 Å². The van der Waals surface area contributed by atoms with E-state index in [4.69, 9.17) is 4.42 Å². The van der Waals surface area contributed by atoms with Crippen molar-refractivity contribution in [2.75, 3.05) is 11.4 Å². The summed E-state index contributed by atoms with van der Waals surface area (Å²) < 4.78 is 5.71. The molecule has 3 rings (SSSR count). The maximum Gasteiger partial charge on any atom is 0.318 e. The van der Waals surface area contributed by atoms with E-state index in [1.165, 1.54) is 10.4 Å². The molecule has 19 heavy (non-hydrogen) atoms. The lowest BCUT2D eigenvalue weighted by Crippen LogP contribution is -2.29. The Bertz CT molecular complexity index is 548. The summed E-state index contributed by atoms with van der Waals surface area (Å²) in [4.78, 5) is 3.64. The standard InChI is InChI=1S/C13H18N4OS/c1-9(2)14-7-12-15-16-13(18-12)17-5-3-11-10(8-17)4-6-19-11/h4,6,9,14H,3,5,7-8H2,1-2H3. The summed E-state index contributed by atoms with van der Waals surface area (Å²) in [6, 6.07) is 3.24. The molecule has 0 aliphatic carbocycles. The van der Waals surface area contributed by atoms with Crippen LogP contribution in [-0.4, -0.2) is 22.8 Å². The molecule has 0 bridgehead atoms. The summed E-state index contributed by atoms with van der Waals surface area (Å²) in [6.07, 6.45) is 1.06. The molecule has 6 heteroatoms. The quantitative estimate of drug-likeness (QED) is 0.929. The van der Waals surface area contributed by atoms with Gasteiger partial charge in [-0.15, -0.1) is 16.4 Å². The molecule has 5 nitrogen and oxygen atoms in total. The lowest BCUT2D eigenvalue weighted by Gasteiger charge is -2.24. The lowest BCUT2D eigenvalue weighted by atomic mass is 10.1. The van der Waals surface area contributed by atoms with Gasteiger partial charge in [0, 0.05) is 24.0 Å². The Balaban J connectivity index is 1.67. The molecule has 0 spiro atoms. The summed E-state index contributed by atoms with van der Waals surface area (Å²) in [7, 11) is 0. The van der Waals surface area contributed by atoms with Gasteiger partial charge in [-0.2, -0.15) is 0 Å². The van der Waals surface area contributed by atoms with Gasteiger partial charge in [0.15, 0.2) is 0 Å². The molecule has 0 unspecified atom stereocenters. The van der Waals surface area contributed by atoms with Crippen molar-refractivity contribution in [2.24, 2.45) is 0 Å². The van der Waals surface area contributed by atoms with Gasteiger partial charge < -0.3 is 14.6 Å². The van der Waals surface area contributed by atoms with Crippen LogP contribution in [-0.2, 0) is 19.5 Å². The maximum absolute atomic E-state index is 5.71. The van der Waals surface area contributed by atoms with Crippen molar-refractivity contribution in [2.45, 2.75) is 39.4 Å². The van der Waals surface area contributed by atoms with Gasteiger partial charge in [0.25, 0.3) is 0 Å². The highest BCUT2D eigenvalue weighted by Gasteiger charge is 2.21. The Morgan fingerprint density at radius 2 is 2.37 bits per heavy atom. The number of aromatic nitrogens is 2. The van der Waals surface area contributed by atoms with Crippen LogP contribution in [0.5, 0.6) is 0 Å². The van der Waals surface area contributed by atoms with E-state index < -0.39 is 0 Å². The van der Waals surface area contributed by atoms with Crippen molar-refractivity contribution in [3.8, 4) is 0 Å². The first-order valence-corrected chi connectivity index (χ1v) is 7.46. The highest BCUT2D eigenvalue weighted by molar-refractivity contribution is 7.10. The van der Waals surface area contributed by atoms with Crippen LogP contribution < -0.4 is 10.2 Å². The third-order valence-electron chi connectivity index (χ3n) is 3.20. The fourth-order valence-electron chi connectivity index (χ4n) is 2.15. The summed E-state index contributed by atoms with van der Waals surface area (Å²) >= 11 is 1.84. The minimum absolute atomic E-state index is 0.415. The monoisotopic (exact) mass is 278 g/mol. The molecule has 0 saturated heterocycles. The first kappa shape index (κ1) is 12.6. The summed E-state index contributed by atoms with van der Waals surface area (Å²) in [5.74, 6) is 0.653. The molecule has 2 aromatic rings. The van der Waals surface area contributed by atoms with Crippen molar-refractivity contribution in [3.63, 3.8) is 0 Å². The molecule has 2 aromatic heterocycles. The molecule has 0 amide bonds. The van der Waals surface area contributed by atoms with Gasteiger partial charge in [-0.05, 0) is 23.4 Å². The SMILES string of the molecule is CC(C)NCc1nnc(N2CCc3sccc3C2)o1. The summed E-state index contributed by atoms with van der Waals surface area (Å²) in [5.41, 5.74) is 1.39. The van der Waals surface area contributed by atoms with Crippen LogP contribution >= 0.6 is 11.3 Å². The van der Waals surface area contributed by atoms with Crippen molar-refractivity contribution >= 4 is 17.4 Å². The van der Waals surface area contributed by atoms with E-state index in [0.29, 0.717) is 24.5 Å². The molecular formula is C13H18N4OS. The van der Waals surface area contributed by atoms with E-state index in [1.54, 1.807) is 0 Å². The third-order valence-corrected chi connectivity index (χ3v) is 4.22. The van der Waals surface area contributed by atoms with Crippen LogP contribution in [0.15, 0.2) is 15.9 Å². The lowest BCUT2D eigenvalue weighted by molar-refractivity contribution is 0.443. The number of nitrogens with one attached hydrogen (secondary N) is 1. The predicted molar refractivity (Wildman–Crippen MR) is 75.3 cm³/mol. The van der Waals surface area contributed by atoms with E-state index in [-0.39, 0.29) is 0 Å². The number of nitrogens with zero attached hydrogens (tertiary/aromatic N) is 3. The van der Waals surface area contributed by atoms with Gasteiger partial charge in [0.05, 0.1) is 6.54 Å². The van der Waals surface area contributed by atoms with Crippen LogP contribution in [0.3, 0.4) is 0 Å². The first-order valence-electron chi connectivity index (χ1n) is 6.58. The van der Waals surface area contributed by atoms with Crippen LogP contribution in [0.25, 0.3) is 0 Å². The minimum atomic E-state index is 0.415. The Kier molecular flexibility index (Phi) is 3.52. The van der Waals surface area contributed by atoms with Crippen LogP contribution in [0.2, 0.25) is 0 Å². The predicted octanol–water partition coefficient (Wildman–Crippen LogP) is 2.19. The van der Waals surface area contributed by atoms with Gasteiger partial charge in [-0.1, -0.05) is 18.9 Å². The van der Waals surface area contributed by atoms with Crippen molar-refractivity contribution < 1.29 is 4.42 Å². The van der Waals surface area contributed by atoms with Crippen molar-refractivity contribution in [1.82, 2.24) is 15.5 Å². The molecule has 1 N–H and O–H groups in total. The number of anilines is 1. The second kappa shape index (κ2) is 5.30. The number of fused-ring (bicyclic) bond motifs is 1. The van der Waals surface area contributed by atoms with Crippen molar-refractivity contribution in [3.05, 3.63) is 27.8 Å². The number of rotatable bonds is 4. The van der Waals surface area contributed by atoms with E-state index >= 15 is 0 Å². The van der Waals surface area contributed by atoms with E-state index in [9.17, 15) is 0 Å². The summed E-state index contributed by atoms with van der Waals surface area (Å²) in [6.45, 7) is 6.65. The normalized spacial score (nSPS) is 15.0. The molecular weight excluding hydrogens is 260 g/mol. The second-order valence-electron chi connectivity index (χ2n) is 5.05. The second-order valence-corrected chi connectivity index (χ2v) is 6.06. The molecule has 0 saturated carbocycles. The fraction of sp³-hybridized carbons (Fsp3) is 0.538. The van der Waals surface area contributed by atoms with Crippen LogP contribution in [0, 0.1) is 0 Å². The number of hydrogen-bond donors (Lipinski definition) is 1. The zero-order valence-corrected chi connectivity index (χ0v) is 12.0. The van der Waals surface area contributed by atoms with Crippen molar-refractivity contribution in [1.29, 1.82) is 0 Å². The minimum Gasteiger partial charge on any atom is -0.407 e. The van der Waals surface area contributed by atoms with Crippen LogP contribution in [0.4, 0.5) is 6.01 Å². The fourth-order valence-corrected chi connectivity index (χ4v) is 3.04. The zero-order chi connectivity index (χ0) is 13.2. The van der Waals surface area contributed by atoms with Gasteiger partial charge in [0.1, 0.15) is 0 Å². The Morgan fingerprint density at radius 1 is 1.47 bits per heavy atom.